The first kappa shape index (κ1) is 15.0. The molecule has 122 valence electrons. The van der Waals surface area contributed by atoms with E-state index in [2.05, 4.69) is 26.8 Å². The molecule has 3 saturated carbocycles. The Morgan fingerprint density at radius 3 is 2.68 bits per heavy atom. The molecule has 1 nitrogen and oxygen atoms in total. The minimum Gasteiger partial charge on any atom is -0.295 e. The molecule has 0 aliphatic heterocycles. The van der Waals surface area contributed by atoms with E-state index in [-0.39, 0.29) is 0 Å². The molecule has 4 rings (SSSR count). The third kappa shape index (κ3) is 1.80. The molecule has 0 aromatic carbocycles. The molecule has 4 aliphatic rings. The van der Waals surface area contributed by atoms with E-state index in [1.54, 1.807) is 0 Å². The second kappa shape index (κ2) is 4.95. The number of ketones is 1. The smallest absolute Gasteiger partial charge is 0.159 e. The first-order chi connectivity index (χ1) is 10.5. The molecule has 0 amide bonds. The lowest BCUT2D eigenvalue weighted by molar-refractivity contribution is -0.133. The largest absolute Gasteiger partial charge is 0.295 e. The van der Waals surface area contributed by atoms with E-state index in [4.69, 9.17) is 0 Å². The molecule has 0 heterocycles. The summed E-state index contributed by atoms with van der Waals surface area (Å²) in [7, 11) is 0. The van der Waals surface area contributed by atoms with Crippen molar-refractivity contribution < 1.29 is 4.79 Å². The molecule has 0 N–H and O–H groups in total. The van der Waals surface area contributed by atoms with Gasteiger partial charge in [-0.05, 0) is 79.6 Å². The van der Waals surface area contributed by atoms with Crippen LogP contribution in [0.25, 0.3) is 0 Å². The molecule has 0 unspecified atom stereocenters. The Kier molecular flexibility index (Phi) is 3.37. The lowest BCUT2D eigenvalue weighted by Crippen LogP contribution is -2.52. The fourth-order valence-electron chi connectivity index (χ4n) is 7.21. The molecule has 0 aromatic rings. The van der Waals surface area contributed by atoms with Crippen LogP contribution in [0, 0.1) is 34.5 Å². The van der Waals surface area contributed by atoms with Crippen molar-refractivity contribution in [3.63, 3.8) is 0 Å². The van der Waals surface area contributed by atoms with Crippen molar-refractivity contribution in [3.8, 4) is 0 Å². The number of rotatable bonds is 1. The second-order valence-electron chi connectivity index (χ2n) is 9.16. The van der Waals surface area contributed by atoms with E-state index >= 15 is 0 Å². The maximum Gasteiger partial charge on any atom is 0.159 e. The Morgan fingerprint density at radius 2 is 1.91 bits per heavy atom. The van der Waals surface area contributed by atoms with Gasteiger partial charge in [0.1, 0.15) is 0 Å². The summed E-state index contributed by atoms with van der Waals surface area (Å²) >= 11 is 0. The minimum absolute atomic E-state index is 0.349. The van der Waals surface area contributed by atoms with Crippen molar-refractivity contribution in [3.05, 3.63) is 11.6 Å². The Morgan fingerprint density at radius 1 is 1.09 bits per heavy atom. The fourth-order valence-corrected chi connectivity index (χ4v) is 7.21. The van der Waals surface area contributed by atoms with Crippen molar-refractivity contribution >= 4 is 5.78 Å². The van der Waals surface area contributed by atoms with Gasteiger partial charge >= 0.3 is 0 Å². The van der Waals surface area contributed by atoms with Gasteiger partial charge in [-0.1, -0.05) is 39.2 Å². The number of hydrogen-bond donors (Lipinski definition) is 0. The Hall–Kier alpha value is -0.590. The highest BCUT2D eigenvalue weighted by Gasteiger charge is 2.59. The molecule has 22 heavy (non-hydrogen) atoms. The lowest BCUT2D eigenvalue weighted by Gasteiger charge is -2.56. The lowest BCUT2D eigenvalue weighted by atomic mass is 9.47. The average molecular weight is 300 g/mol. The molecular formula is C21H32O. The van der Waals surface area contributed by atoms with Gasteiger partial charge in [-0.3, -0.25) is 4.79 Å². The van der Waals surface area contributed by atoms with Crippen LogP contribution in [-0.4, -0.2) is 5.78 Å². The van der Waals surface area contributed by atoms with Crippen molar-refractivity contribution in [2.75, 3.05) is 0 Å². The monoisotopic (exact) mass is 300 g/mol. The number of fused-ring (bicyclic) bond motifs is 5. The van der Waals surface area contributed by atoms with Crippen LogP contribution >= 0.6 is 0 Å². The van der Waals surface area contributed by atoms with E-state index in [0.717, 1.165) is 5.92 Å². The Labute approximate surface area is 135 Å². The SMILES string of the molecule is CC[C@H]1CC[C@H]2[C@@H]3C(=O)C=C4CCCC[C@]4(C)[C@H]3CC[C@]12C. The molecular weight excluding hydrogens is 268 g/mol. The van der Waals surface area contributed by atoms with Gasteiger partial charge in [0.2, 0.25) is 0 Å². The molecule has 4 aliphatic carbocycles. The summed E-state index contributed by atoms with van der Waals surface area (Å²) < 4.78 is 0. The van der Waals surface area contributed by atoms with Gasteiger partial charge in [0, 0.05) is 5.92 Å². The number of carbonyl (C=O) groups is 1. The predicted octanol–water partition coefficient (Wildman–Crippen LogP) is 5.54. The molecule has 0 spiro atoms. The van der Waals surface area contributed by atoms with Gasteiger partial charge in [-0.15, -0.1) is 0 Å². The van der Waals surface area contributed by atoms with Gasteiger partial charge in [0.05, 0.1) is 0 Å². The van der Waals surface area contributed by atoms with Crippen LogP contribution in [0.2, 0.25) is 0 Å². The van der Waals surface area contributed by atoms with Crippen LogP contribution in [0.5, 0.6) is 0 Å². The summed E-state index contributed by atoms with van der Waals surface area (Å²) in [5.74, 6) is 3.03. The number of hydrogen-bond acceptors (Lipinski definition) is 1. The number of carbonyl (C=O) groups excluding carboxylic acids is 1. The molecule has 3 fully saturated rings. The third-order valence-corrected chi connectivity index (χ3v) is 8.55. The van der Waals surface area contributed by atoms with E-state index in [9.17, 15) is 4.79 Å². The zero-order valence-corrected chi connectivity index (χ0v) is 14.7. The highest BCUT2D eigenvalue weighted by molar-refractivity contribution is 5.94. The topological polar surface area (TPSA) is 17.1 Å². The van der Waals surface area contributed by atoms with Crippen LogP contribution in [0.4, 0.5) is 0 Å². The maximum atomic E-state index is 13.0. The van der Waals surface area contributed by atoms with Crippen molar-refractivity contribution in [2.24, 2.45) is 34.5 Å². The second-order valence-corrected chi connectivity index (χ2v) is 9.16. The quantitative estimate of drug-likeness (QED) is 0.621. The molecule has 6 atom stereocenters. The normalized spacial score (nSPS) is 50.9. The van der Waals surface area contributed by atoms with Crippen molar-refractivity contribution in [1.82, 2.24) is 0 Å². The van der Waals surface area contributed by atoms with Crippen LogP contribution in [-0.2, 0) is 4.79 Å². The standard InChI is InChI=1S/C21H32O/c1-4-14-8-9-16-19-17(10-12-21(14,16)3)20(2)11-6-5-7-15(20)13-18(19)22/h13-14,16-17,19H,4-12H2,1-3H3/t14-,16-,17-,19-,20-,21+/m0/s1. The molecule has 1 heteroatoms. The minimum atomic E-state index is 0.349. The summed E-state index contributed by atoms with van der Waals surface area (Å²) in [5, 5.41) is 0. The summed E-state index contributed by atoms with van der Waals surface area (Å²) in [4.78, 5) is 13.0. The predicted molar refractivity (Wildman–Crippen MR) is 90.5 cm³/mol. The van der Waals surface area contributed by atoms with Crippen LogP contribution in [0.1, 0.15) is 78.6 Å². The van der Waals surface area contributed by atoms with E-state index in [1.165, 1.54) is 63.4 Å². The first-order valence-electron chi connectivity index (χ1n) is 9.75. The average Bonchev–Trinajstić information content (AvgIpc) is 2.84. The molecule has 0 aromatic heterocycles. The number of allylic oxidation sites excluding steroid dienone is 2. The van der Waals surface area contributed by atoms with Crippen molar-refractivity contribution in [2.45, 2.75) is 78.6 Å². The Balaban J connectivity index is 1.74. The first-order valence-corrected chi connectivity index (χ1v) is 9.75. The van der Waals surface area contributed by atoms with Gasteiger partial charge in [-0.25, -0.2) is 0 Å². The summed E-state index contributed by atoms with van der Waals surface area (Å²) in [6, 6.07) is 0. The van der Waals surface area contributed by atoms with Gasteiger partial charge in [0.25, 0.3) is 0 Å². The van der Waals surface area contributed by atoms with E-state index in [1.807, 2.05) is 0 Å². The van der Waals surface area contributed by atoms with Crippen LogP contribution in [0.3, 0.4) is 0 Å². The van der Waals surface area contributed by atoms with E-state index < -0.39 is 0 Å². The molecule has 0 radical (unpaired) electrons. The maximum absolute atomic E-state index is 13.0. The van der Waals surface area contributed by atoms with Gasteiger partial charge in [0.15, 0.2) is 5.78 Å². The fraction of sp³-hybridized carbons (Fsp3) is 0.857. The molecule has 0 bridgehead atoms. The highest BCUT2D eigenvalue weighted by Crippen LogP contribution is 2.65. The van der Waals surface area contributed by atoms with Crippen LogP contribution in [0.15, 0.2) is 11.6 Å². The van der Waals surface area contributed by atoms with E-state index in [0.29, 0.717) is 34.4 Å². The van der Waals surface area contributed by atoms with Gasteiger partial charge in [-0.2, -0.15) is 0 Å². The summed E-state index contributed by atoms with van der Waals surface area (Å²) in [6.45, 7) is 7.37. The summed E-state index contributed by atoms with van der Waals surface area (Å²) in [6.07, 6.45) is 13.9. The zero-order valence-electron chi connectivity index (χ0n) is 14.7. The Bertz CT molecular complexity index is 518. The van der Waals surface area contributed by atoms with Crippen molar-refractivity contribution in [1.29, 1.82) is 0 Å². The highest BCUT2D eigenvalue weighted by atomic mass is 16.1. The molecule has 0 saturated heterocycles. The third-order valence-electron chi connectivity index (χ3n) is 8.55. The zero-order chi connectivity index (χ0) is 15.5. The van der Waals surface area contributed by atoms with Gasteiger partial charge < -0.3 is 0 Å². The van der Waals surface area contributed by atoms with Crippen LogP contribution < -0.4 is 0 Å². The summed E-state index contributed by atoms with van der Waals surface area (Å²) in [5.41, 5.74) is 2.31.